The van der Waals surface area contributed by atoms with Gasteiger partial charge in [-0.3, -0.25) is 9.59 Å². The van der Waals surface area contributed by atoms with Crippen LogP contribution in [0.2, 0.25) is 0 Å². The summed E-state index contributed by atoms with van der Waals surface area (Å²) in [5.74, 6) is -0.943. The fourth-order valence-corrected chi connectivity index (χ4v) is 2.18. The second kappa shape index (κ2) is 8.59. The number of rotatable bonds is 5. The van der Waals surface area contributed by atoms with Gasteiger partial charge in [-0.1, -0.05) is 6.07 Å². The molecule has 0 aliphatic carbocycles. The number of hydrogen-bond donors (Lipinski definition) is 3. The van der Waals surface area contributed by atoms with Crippen LogP contribution in [0.1, 0.15) is 19.3 Å². The summed E-state index contributed by atoms with van der Waals surface area (Å²) in [5.41, 5.74) is 0.377. The molecule has 0 saturated carbocycles. The Kier molecular flexibility index (Phi) is 7.11. The van der Waals surface area contributed by atoms with Gasteiger partial charge in [0.25, 0.3) is 0 Å². The maximum Gasteiger partial charge on any atom is 0.243 e. The van der Waals surface area contributed by atoms with E-state index < -0.39 is 5.82 Å². The first-order chi connectivity index (χ1) is 9.63. The van der Waals surface area contributed by atoms with Crippen LogP contribution in [0.3, 0.4) is 0 Å². The zero-order valence-corrected chi connectivity index (χ0v) is 12.3. The third-order valence-corrected chi connectivity index (χ3v) is 3.15. The van der Waals surface area contributed by atoms with Gasteiger partial charge in [0, 0.05) is 18.2 Å². The van der Waals surface area contributed by atoms with E-state index in [1.54, 1.807) is 6.07 Å². The highest BCUT2D eigenvalue weighted by Crippen LogP contribution is 2.09. The van der Waals surface area contributed by atoms with Crippen molar-refractivity contribution in [2.45, 2.75) is 25.3 Å². The minimum absolute atomic E-state index is 0. The van der Waals surface area contributed by atoms with Crippen LogP contribution in [-0.4, -0.2) is 30.9 Å². The van der Waals surface area contributed by atoms with E-state index in [0.29, 0.717) is 12.1 Å². The van der Waals surface area contributed by atoms with Crippen molar-refractivity contribution in [3.05, 3.63) is 30.1 Å². The first-order valence-corrected chi connectivity index (χ1v) is 6.69. The summed E-state index contributed by atoms with van der Waals surface area (Å²) < 4.78 is 12.9. The fraction of sp³-hybridized carbons (Fsp3) is 0.429. The number of carbonyl (C=O) groups is 2. The number of halogens is 2. The van der Waals surface area contributed by atoms with Crippen LogP contribution >= 0.6 is 12.4 Å². The van der Waals surface area contributed by atoms with Gasteiger partial charge in [0.05, 0.1) is 6.54 Å². The molecule has 1 heterocycles. The van der Waals surface area contributed by atoms with E-state index in [2.05, 4.69) is 16.0 Å². The predicted octanol–water partition coefficient (Wildman–Crippen LogP) is 1.44. The maximum absolute atomic E-state index is 12.9. The van der Waals surface area contributed by atoms with Crippen molar-refractivity contribution in [3.8, 4) is 0 Å². The van der Waals surface area contributed by atoms with E-state index in [1.165, 1.54) is 18.2 Å². The summed E-state index contributed by atoms with van der Waals surface area (Å²) in [5, 5.41) is 8.30. The summed E-state index contributed by atoms with van der Waals surface area (Å²) in [7, 11) is 0. The Hall–Kier alpha value is -1.66. The average molecular weight is 316 g/mol. The highest BCUT2D eigenvalue weighted by atomic mass is 35.5. The van der Waals surface area contributed by atoms with Gasteiger partial charge in [0.1, 0.15) is 5.82 Å². The number of nitrogens with one attached hydrogen (secondary N) is 3. The highest BCUT2D eigenvalue weighted by Gasteiger charge is 2.17. The SMILES string of the molecule is Cl.O=C(CC1CCCN1)NCC(=O)Nc1cccc(F)c1. The maximum atomic E-state index is 12.9. The van der Waals surface area contributed by atoms with Gasteiger partial charge in [-0.15, -0.1) is 12.4 Å². The molecule has 2 amide bonds. The lowest BCUT2D eigenvalue weighted by molar-refractivity contribution is -0.124. The van der Waals surface area contributed by atoms with Crippen molar-refractivity contribution in [2.24, 2.45) is 0 Å². The summed E-state index contributed by atoms with van der Waals surface area (Å²) in [6, 6.07) is 5.83. The lowest BCUT2D eigenvalue weighted by atomic mass is 10.1. The predicted molar refractivity (Wildman–Crippen MR) is 80.9 cm³/mol. The van der Waals surface area contributed by atoms with Gasteiger partial charge in [0.15, 0.2) is 0 Å². The molecule has 5 nitrogen and oxygen atoms in total. The molecule has 1 aliphatic heterocycles. The second-order valence-corrected chi connectivity index (χ2v) is 4.83. The van der Waals surface area contributed by atoms with E-state index in [9.17, 15) is 14.0 Å². The van der Waals surface area contributed by atoms with Crippen LogP contribution in [0.4, 0.5) is 10.1 Å². The Morgan fingerprint density at radius 3 is 2.81 bits per heavy atom. The van der Waals surface area contributed by atoms with Crippen molar-refractivity contribution in [2.75, 3.05) is 18.4 Å². The molecule has 0 bridgehead atoms. The first-order valence-electron chi connectivity index (χ1n) is 6.69. The molecular formula is C14H19ClFN3O2. The molecule has 21 heavy (non-hydrogen) atoms. The molecular weight excluding hydrogens is 297 g/mol. The topological polar surface area (TPSA) is 70.2 Å². The van der Waals surface area contributed by atoms with Crippen molar-refractivity contribution in [1.82, 2.24) is 10.6 Å². The van der Waals surface area contributed by atoms with Crippen LogP contribution in [0, 0.1) is 5.82 Å². The van der Waals surface area contributed by atoms with Crippen molar-refractivity contribution in [3.63, 3.8) is 0 Å². The molecule has 1 aliphatic rings. The molecule has 0 aromatic heterocycles. The number of amides is 2. The molecule has 1 aromatic rings. The lowest BCUT2D eigenvalue weighted by Gasteiger charge is -2.10. The number of anilines is 1. The molecule has 7 heteroatoms. The minimum atomic E-state index is -0.417. The second-order valence-electron chi connectivity index (χ2n) is 4.83. The highest BCUT2D eigenvalue weighted by molar-refractivity contribution is 5.94. The summed E-state index contributed by atoms with van der Waals surface area (Å²) in [4.78, 5) is 23.2. The Balaban J connectivity index is 0.00000220. The van der Waals surface area contributed by atoms with Gasteiger partial charge in [-0.25, -0.2) is 4.39 Å². The smallest absolute Gasteiger partial charge is 0.243 e. The van der Waals surface area contributed by atoms with Crippen LogP contribution in [0.15, 0.2) is 24.3 Å². The number of carbonyl (C=O) groups excluding carboxylic acids is 2. The average Bonchev–Trinajstić information content (AvgIpc) is 2.89. The summed E-state index contributed by atoms with van der Waals surface area (Å²) in [6.07, 6.45) is 2.45. The molecule has 1 atom stereocenters. The first kappa shape index (κ1) is 17.4. The third-order valence-electron chi connectivity index (χ3n) is 3.15. The van der Waals surface area contributed by atoms with Crippen molar-refractivity contribution >= 4 is 29.9 Å². The van der Waals surface area contributed by atoms with E-state index >= 15 is 0 Å². The summed E-state index contributed by atoms with van der Waals surface area (Å²) in [6.45, 7) is 0.833. The van der Waals surface area contributed by atoms with Gasteiger partial charge in [-0.2, -0.15) is 0 Å². The van der Waals surface area contributed by atoms with Crippen molar-refractivity contribution in [1.29, 1.82) is 0 Å². The minimum Gasteiger partial charge on any atom is -0.347 e. The molecule has 1 fully saturated rings. The van der Waals surface area contributed by atoms with E-state index in [4.69, 9.17) is 0 Å². The van der Waals surface area contributed by atoms with Gasteiger partial charge in [-0.05, 0) is 37.6 Å². The Labute approximate surface area is 129 Å². The van der Waals surface area contributed by atoms with E-state index in [1.807, 2.05) is 0 Å². The molecule has 1 saturated heterocycles. The van der Waals surface area contributed by atoms with E-state index in [-0.39, 0.29) is 36.8 Å². The Morgan fingerprint density at radius 1 is 1.33 bits per heavy atom. The molecule has 2 rings (SSSR count). The fourth-order valence-electron chi connectivity index (χ4n) is 2.18. The van der Waals surface area contributed by atoms with Gasteiger partial charge >= 0.3 is 0 Å². The van der Waals surface area contributed by atoms with Crippen LogP contribution in [0.25, 0.3) is 0 Å². The Morgan fingerprint density at radius 2 is 2.14 bits per heavy atom. The molecule has 0 spiro atoms. The number of hydrogen-bond acceptors (Lipinski definition) is 3. The monoisotopic (exact) mass is 315 g/mol. The van der Waals surface area contributed by atoms with Crippen LogP contribution in [-0.2, 0) is 9.59 Å². The van der Waals surface area contributed by atoms with Crippen LogP contribution < -0.4 is 16.0 Å². The van der Waals surface area contributed by atoms with Gasteiger partial charge in [0.2, 0.25) is 11.8 Å². The lowest BCUT2D eigenvalue weighted by Crippen LogP contribution is -2.36. The molecule has 116 valence electrons. The zero-order valence-electron chi connectivity index (χ0n) is 11.5. The third kappa shape index (κ3) is 6.10. The van der Waals surface area contributed by atoms with Gasteiger partial charge < -0.3 is 16.0 Å². The zero-order chi connectivity index (χ0) is 14.4. The largest absolute Gasteiger partial charge is 0.347 e. The normalized spacial score (nSPS) is 16.9. The quantitative estimate of drug-likeness (QED) is 0.770. The van der Waals surface area contributed by atoms with Crippen molar-refractivity contribution < 1.29 is 14.0 Å². The molecule has 0 radical (unpaired) electrons. The number of benzene rings is 1. The Bertz CT molecular complexity index is 493. The summed E-state index contributed by atoms with van der Waals surface area (Å²) >= 11 is 0. The van der Waals surface area contributed by atoms with Crippen LogP contribution in [0.5, 0.6) is 0 Å². The molecule has 3 N–H and O–H groups in total. The standard InChI is InChI=1S/C14H18FN3O2.ClH/c15-10-3-1-4-12(7-10)18-14(20)9-17-13(19)8-11-5-2-6-16-11;/h1,3-4,7,11,16H,2,5-6,8-9H2,(H,17,19)(H,18,20);1H. The molecule has 1 unspecified atom stereocenters. The molecule has 1 aromatic carbocycles. The van der Waals surface area contributed by atoms with E-state index in [0.717, 1.165) is 19.4 Å².